The number of carbonyl (C=O) groups excluding carboxylic acids is 2. The summed E-state index contributed by atoms with van der Waals surface area (Å²) in [6, 6.07) is 13.9. The van der Waals surface area contributed by atoms with Crippen LogP contribution in [0.25, 0.3) is 0 Å². The largest absolute Gasteiger partial charge is 0.489 e. The zero-order chi connectivity index (χ0) is 29.4. The maximum absolute atomic E-state index is 13.6. The molecule has 0 spiro atoms. The van der Waals surface area contributed by atoms with Crippen LogP contribution in [0.4, 0.5) is 0 Å². The van der Waals surface area contributed by atoms with Crippen molar-refractivity contribution in [3.8, 4) is 11.5 Å². The number of hydrogen-bond acceptors (Lipinski definition) is 5. The van der Waals surface area contributed by atoms with E-state index in [9.17, 15) is 9.59 Å². The van der Waals surface area contributed by atoms with Crippen LogP contribution in [0.5, 0.6) is 11.5 Å². The highest BCUT2D eigenvalue weighted by atomic mass is 35.5. The number of ether oxygens (including phenoxy) is 3. The van der Waals surface area contributed by atoms with Gasteiger partial charge >= 0.3 is 5.97 Å². The lowest BCUT2D eigenvalue weighted by Gasteiger charge is -2.20. The third-order valence-corrected chi connectivity index (χ3v) is 8.12. The number of carbonyl (C=O) groups is 2. The highest BCUT2D eigenvalue weighted by Gasteiger charge is 2.24. The van der Waals surface area contributed by atoms with E-state index in [1.54, 1.807) is 36.4 Å². The molecule has 9 heteroatoms. The number of halogens is 4. The van der Waals surface area contributed by atoms with Crippen molar-refractivity contribution in [3.05, 3.63) is 90.9 Å². The predicted molar refractivity (Wildman–Crippen MR) is 164 cm³/mol. The minimum Gasteiger partial charge on any atom is -0.489 e. The molecule has 4 rings (SSSR count). The molecular weight excluding hydrogens is 606 g/mol. The average molecular weight is 638 g/mol. The second-order valence-corrected chi connectivity index (χ2v) is 11.9. The second-order valence-electron chi connectivity index (χ2n) is 10.2. The molecular formula is C32H32Cl4O5. The Morgan fingerprint density at radius 2 is 1.37 bits per heavy atom. The zero-order valence-electron chi connectivity index (χ0n) is 22.8. The van der Waals surface area contributed by atoms with E-state index in [0.29, 0.717) is 69.3 Å². The first-order valence-corrected chi connectivity index (χ1v) is 15.2. The van der Waals surface area contributed by atoms with Crippen molar-refractivity contribution in [2.45, 2.75) is 77.6 Å². The van der Waals surface area contributed by atoms with Crippen LogP contribution in [0.15, 0.2) is 48.5 Å². The summed E-state index contributed by atoms with van der Waals surface area (Å²) in [7, 11) is 0. The van der Waals surface area contributed by atoms with E-state index >= 15 is 0 Å². The number of fused-ring (bicyclic) bond motifs is 1. The van der Waals surface area contributed by atoms with Crippen molar-refractivity contribution >= 4 is 58.2 Å². The number of ketones is 1. The van der Waals surface area contributed by atoms with Gasteiger partial charge in [0.1, 0.15) is 36.1 Å². The zero-order valence-corrected chi connectivity index (χ0v) is 25.8. The standard InChI is InChI=1S/C32H32Cl4O5/c1-20-6-5-9-26(37)8-4-2-3-7-21-14-27(39-18-22-10-12-24(33)15-28(22)35)17-30(31(21)32(38)41-20)40-19-23-11-13-25(34)16-29(23)36/h10-17,20H,2-9,18-19H2,1H3/t20-/m1/s1. The van der Waals surface area contributed by atoms with E-state index in [1.165, 1.54) is 0 Å². The number of aryl methyl sites for hydroxylation is 1. The molecule has 0 bridgehead atoms. The van der Waals surface area contributed by atoms with Gasteiger partial charge in [0.05, 0.1) is 6.10 Å². The van der Waals surface area contributed by atoms with E-state index in [-0.39, 0.29) is 25.1 Å². The lowest BCUT2D eigenvalue weighted by molar-refractivity contribution is -0.119. The fourth-order valence-corrected chi connectivity index (χ4v) is 5.62. The Labute approximate surface area is 261 Å². The Morgan fingerprint density at radius 3 is 2.02 bits per heavy atom. The lowest BCUT2D eigenvalue weighted by Crippen LogP contribution is -2.18. The summed E-state index contributed by atoms with van der Waals surface area (Å²) in [5, 5.41) is 2.02. The van der Waals surface area contributed by atoms with Gasteiger partial charge in [-0.2, -0.15) is 0 Å². The van der Waals surface area contributed by atoms with Crippen LogP contribution >= 0.6 is 46.4 Å². The van der Waals surface area contributed by atoms with Gasteiger partial charge in [0.15, 0.2) is 0 Å². The van der Waals surface area contributed by atoms with Crippen LogP contribution < -0.4 is 9.47 Å². The highest BCUT2D eigenvalue weighted by molar-refractivity contribution is 6.35. The molecule has 3 aromatic carbocycles. The van der Waals surface area contributed by atoms with E-state index in [2.05, 4.69) is 0 Å². The van der Waals surface area contributed by atoms with Crippen molar-refractivity contribution in [3.63, 3.8) is 0 Å². The van der Waals surface area contributed by atoms with Gasteiger partial charge in [0.25, 0.3) is 0 Å². The summed E-state index contributed by atoms with van der Waals surface area (Å²) >= 11 is 24.9. The van der Waals surface area contributed by atoms with Crippen molar-refractivity contribution in [1.29, 1.82) is 0 Å². The summed E-state index contributed by atoms with van der Waals surface area (Å²) in [5.41, 5.74) is 2.61. The number of esters is 1. The van der Waals surface area contributed by atoms with Crippen LogP contribution in [0.1, 0.15) is 78.9 Å². The van der Waals surface area contributed by atoms with E-state index in [1.807, 2.05) is 19.1 Å². The topological polar surface area (TPSA) is 61.8 Å². The lowest BCUT2D eigenvalue weighted by atomic mass is 9.98. The Hall–Kier alpha value is -2.44. The molecule has 0 aromatic heterocycles. The Kier molecular flexibility index (Phi) is 11.6. The number of cyclic esters (lactones) is 1. The molecule has 0 unspecified atom stereocenters. The van der Waals surface area contributed by atoms with Crippen molar-refractivity contribution < 1.29 is 23.8 Å². The summed E-state index contributed by atoms with van der Waals surface area (Å²) < 4.78 is 18.2. The minimum atomic E-state index is -0.472. The first-order chi connectivity index (χ1) is 19.7. The number of hydrogen-bond donors (Lipinski definition) is 0. The fraction of sp³-hybridized carbons (Fsp3) is 0.375. The van der Waals surface area contributed by atoms with Gasteiger partial charge in [-0.25, -0.2) is 4.79 Å². The quantitative estimate of drug-likeness (QED) is 0.252. The molecule has 0 fully saturated rings. The van der Waals surface area contributed by atoms with Crippen LogP contribution in [-0.2, 0) is 29.2 Å². The van der Waals surface area contributed by atoms with Crippen molar-refractivity contribution in [1.82, 2.24) is 0 Å². The smallest absolute Gasteiger partial charge is 0.342 e. The molecule has 3 aromatic rings. The molecule has 0 amide bonds. The van der Waals surface area contributed by atoms with Crippen LogP contribution in [0.3, 0.4) is 0 Å². The summed E-state index contributed by atoms with van der Waals surface area (Å²) in [6.45, 7) is 2.15. The summed E-state index contributed by atoms with van der Waals surface area (Å²) in [5.74, 6) is 0.642. The molecule has 0 N–H and O–H groups in total. The number of rotatable bonds is 6. The second kappa shape index (κ2) is 15.2. The fourth-order valence-electron chi connectivity index (χ4n) is 4.69. The third kappa shape index (κ3) is 9.27. The molecule has 0 radical (unpaired) electrons. The van der Waals surface area contributed by atoms with Gasteiger partial charge in [0.2, 0.25) is 0 Å². The molecule has 1 atom stereocenters. The van der Waals surface area contributed by atoms with Gasteiger partial charge in [0, 0.05) is 50.1 Å². The van der Waals surface area contributed by atoms with Gasteiger partial charge in [-0.15, -0.1) is 0 Å². The first-order valence-electron chi connectivity index (χ1n) is 13.7. The van der Waals surface area contributed by atoms with Gasteiger partial charge < -0.3 is 14.2 Å². The average Bonchev–Trinajstić information content (AvgIpc) is 2.91. The van der Waals surface area contributed by atoms with Crippen LogP contribution in [-0.4, -0.2) is 17.9 Å². The molecule has 0 saturated heterocycles. The SMILES string of the molecule is C[C@@H]1CCCC(=O)CCCCCc2cc(OCc3ccc(Cl)cc3Cl)cc(OCc3ccc(Cl)cc3Cl)c2C(=O)O1. The Balaban J connectivity index is 1.68. The molecule has 1 aliphatic heterocycles. The molecule has 41 heavy (non-hydrogen) atoms. The third-order valence-electron chi connectivity index (χ3n) is 6.95. The maximum atomic E-state index is 13.6. The van der Waals surface area contributed by atoms with Crippen LogP contribution in [0, 0.1) is 0 Å². The minimum absolute atomic E-state index is 0.111. The van der Waals surface area contributed by atoms with Crippen molar-refractivity contribution in [2.75, 3.05) is 0 Å². The number of Topliss-reactive ketones (excluding diaryl/α,β-unsaturated/α-hetero) is 1. The van der Waals surface area contributed by atoms with Gasteiger partial charge in [-0.05, 0) is 74.9 Å². The van der Waals surface area contributed by atoms with Gasteiger partial charge in [-0.1, -0.05) is 65.0 Å². The summed E-state index contributed by atoms with van der Waals surface area (Å²) in [4.78, 5) is 25.8. The maximum Gasteiger partial charge on any atom is 0.342 e. The highest BCUT2D eigenvalue weighted by Crippen LogP contribution is 2.34. The van der Waals surface area contributed by atoms with E-state index < -0.39 is 5.97 Å². The van der Waals surface area contributed by atoms with Gasteiger partial charge in [-0.3, -0.25) is 4.79 Å². The molecule has 1 heterocycles. The number of benzene rings is 3. The molecule has 218 valence electrons. The summed E-state index contributed by atoms with van der Waals surface area (Å²) in [6.07, 6.45) is 5.06. The van der Waals surface area contributed by atoms with E-state index in [0.717, 1.165) is 36.0 Å². The normalized spacial score (nSPS) is 16.9. The Morgan fingerprint density at radius 1 is 0.756 bits per heavy atom. The van der Waals surface area contributed by atoms with E-state index in [4.69, 9.17) is 60.6 Å². The van der Waals surface area contributed by atoms with Crippen LogP contribution in [0.2, 0.25) is 20.1 Å². The Bertz CT molecular complexity index is 1390. The molecule has 0 saturated carbocycles. The predicted octanol–water partition coefficient (Wildman–Crippen LogP) is 9.86. The first kappa shape index (κ1) is 31.5. The molecule has 0 aliphatic carbocycles. The molecule has 1 aliphatic rings. The monoisotopic (exact) mass is 636 g/mol. The van der Waals surface area contributed by atoms with Crippen molar-refractivity contribution in [2.24, 2.45) is 0 Å². The molecule has 5 nitrogen and oxygen atoms in total.